The number of rotatable bonds is 6. The van der Waals surface area contributed by atoms with Gasteiger partial charge in [-0.1, -0.05) is 13.0 Å². The molecule has 0 radical (unpaired) electrons. The lowest BCUT2D eigenvalue weighted by molar-refractivity contribution is 0.569. The molecule has 2 aromatic rings. The first-order chi connectivity index (χ1) is 9.69. The molecule has 0 saturated carbocycles. The zero-order valence-electron chi connectivity index (χ0n) is 11.9. The van der Waals surface area contributed by atoms with E-state index in [4.69, 9.17) is 4.42 Å². The molecule has 20 heavy (non-hydrogen) atoms. The quantitative estimate of drug-likeness (QED) is 0.839. The number of furan rings is 1. The van der Waals surface area contributed by atoms with Crippen LogP contribution < -0.4 is 5.32 Å². The van der Waals surface area contributed by atoms with Crippen LogP contribution >= 0.6 is 0 Å². The minimum Gasteiger partial charge on any atom is -0.457 e. The van der Waals surface area contributed by atoms with Crippen molar-refractivity contribution in [1.29, 1.82) is 0 Å². The zero-order valence-corrected chi connectivity index (χ0v) is 11.9. The van der Waals surface area contributed by atoms with E-state index in [-0.39, 0.29) is 5.82 Å². The lowest BCUT2D eigenvalue weighted by atomic mass is 10.2. The van der Waals surface area contributed by atoms with Crippen molar-refractivity contribution in [3.63, 3.8) is 0 Å². The fourth-order valence-corrected chi connectivity index (χ4v) is 1.89. The van der Waals surface area contributed by atoms with Crippen LogP contribution in [0.15, 0.2) is 46.9 Å². The smallest absolute Gasteiger partial charge is 0.134 e. The van der Waals surface area contributed by atoms with Crippen molar-refractivity contribution in [2.24, 2.45) is 0 Å². The maximum absolute atomic E-state index is 12.9. The molecule has 1 aromatic carbocycles. The lowest BCUT2D eigenvalue weighted by Crippen LogP contribution is -2.24. The largest absolute Gasteiger partial charge is 0.457 e. The van der Waals surface area contributed by atoms with Gasteiger partial charge in [-0.3, -0.25) is 0 Å². The van der Waals surface area contributed by atoms with Crippen LogP contribution in [0.1, 0.15) is 26.0 Å². The van der Waals surface area contributed by atoms with Crippen molar-refractivity contribution in [2.75, 3.05) is 6.54 Å². The van der Waals surface area contributed by atoms with Crippen molar-refractivity contribution in [3.05, 3.63) is 54.1 Å². The monoisotopic (exact) mass is 273 g/mol. The Morgan fingerprint density at radius 2 is 1.95 bits per heavy atom. The molecule has 0 saturated heterocycles. The zero-order chi connectivity index (χ0) is 14.4. The fraction of sp³-hybridized carbons (Fsp3) is 0.294. The van der Waals surface area contributed by atoms with Crippen LogP contribution in [-0.4, -0.2) is 12.6 Å². The summed E-state index contributed by atoms with van der Waals surface area (Å²) < 4.78 is 18.6. The molecule has 1 aromatic heterocycles. The highest BCUT2D eigenvalue weighted by molar-refractivity contribution is 5.59. The summed E-state index contributed by atoms with van der Waals surface area (Å²) in [5.74, 6) is 1.31. The van der Waals surface area contributed by atoms with E-state index in [0.717, 1.165) is 30.0 Å². The molecule has 1 atom stereocenters. The number of nitrogens with one attached hydrogen (secondary N) is 1. The second kappa shape index (κ2) is 7.06. The minimum atomic E-state index is -0.240. The number of hydrogen-bond donors (Lipinski definition) is 1. The molecule has 1 unspecified atom stereocenters. The highest BCUT2D eigenvalue weighted by Crippen LogP contribution is 2.23. The summed E-state index contributed by atoms with van der Waals surface area (Å²) in [6, 6.07) is 10.4. The normalized spacial score (nSPS) is 12.9. The molecule has 0 aliphatic carbocycles. The predicted molar refractivity (Wildman–Crippen MR) is 80.9 cm³/mol. The molecule has 2 nitrogen and oxygen atoms in total. The Morgan fingerprint density at radius 3 is 2.65 bits per heavy atom. The van der Waals surface area contributed by atoms with Crippen LogP contribution in [-0.2, 0) is 0 Å². The summed E-state index contributed by atoms with van der Waals surface area (Å²) in [5, 5.41) is 3.38. The summed E-state index contributed by atoms with van der Waals surface area (Å²) in [4.78, 5) is 0. The SMILES string of the molecule is CCCNC(C)/C=C/c1ccc(-c2ccc(F)cc2)o1. The van der Waals surface area contributed by atoms with Gasteiger partial charge in [0.15, 0.2) is 0 Å². The van der Waals surface area contributed by atoms with Gasteiger partial charge >= 0.3 is 0 Å². The average Bonchev–Trinajstić information content (AvgIpc) is 2.92. The third kappa shape index (κ3) is 4.07. The molecule has 0 fully saturated rings. The van der Waals surface area contributed by atoms with E-state index in [1.54, 1.807) is 12.1 Å². The van der Waals surface area contributed by atoms with Crippen LogP contribution in [0, 0.1) is 5.82 Å². The molecular weight excluding hydrogens is 253 g/mol. The molecule has 0 aliphatic heterocycles. The first-order valence-electron chi connectivity index (χ1n) is 6.96. The van der Waals surface area contributed by atoms with Crippen LogP contribution in [0.5, 0.6) is 0 Å². The molecule has 0 spiro atoms. The number of halogens is 1. The van der Waals surface area contributed by atoms with Gasteiger partial charge < -0.3 is 9.73 Å². The molecule has 3 heteroatoms. The van der Waals surface area contributed by atoms with Gasteiger partial charge in [0, 0.05) is 11.6 Å². The van der Waals surface area contributed by atoms with Crippen molar-refractivity contribution >= 4 is 6.08 Å². The van der Waals surface area contributed by atoms with E-state index in [2.05, 4.69) is 25.2 Å². The fourth-order valence-electron chi connectivity index (χ4n) is 1.89. The lowest BCUT2D eigenvalue weighted by Gasteiger charge is -2.06. The van der Waals surface area contributed by atoms with Gasteiger partial charge in [0.2, 0.25) is 0 Å². The first kappa shape index (κ1) is 14.5. The Bertz CT molecular complexity index is 557. The third-order valence-electron chi connectivity index (χ3n) is 3.02. The molecule has 106 valence electrons. The molecular formula is C17H20FNO. The third-order valence-corrected chi connectivity index (χ3v) is 3.02. The summed E-state index contributed by atoms with van der Waals surface area (Å²) in [5.41, 5.74) is 0.878. The van der Waals surface area contributed by atoms with Crippen molar-refractivity contribution < 1.29 is 8.81 Å². The Morgan fingerprint density at radius 1 is 1.20 bits per heavy atom. The number of benzene rings is 1. The maximum atomic E-state index is 12.9. The Labute approximate surface area is 119 Å². The maximum Gasteiger partial charge on any atom is 0.134 e. The molecule has 0 amide bonds. The van der Waals surface area contributed by atoms with Gasteiger partial charge in [0.1, 0.15) is 17.3 Å². The van der Waals surface area contributed by atoms with Gasteiger partial charge in [-0.05, 0) is 62.4 Å². The van der Waals surface area contributed by atoms with Crippen LogP contribution in [0.3, 0.4) is 0 Å². The minimum absolute atomic E-state index is 0.240. The van der Waals surface area contributed by atoms with Gasteiger partial charge in [0.25, 0.3) is 0 Å². The average molecular weight is 273 g/mol. The topological polar surface area (TPSA) is 25.2 Å². The van der Waals surface area contributed by atoms with E-state index >= 15 is 0 Å². The molecule has 1 N–H and O–H groups in total. The number of hydrogen-bond acceptors (Lipinski definition) is 2. The first-order valence-corrected chi connectivity index (χ1v) is 6.96. The van der Waals surface area contributed by atoms with Gasteiger partial charge in [-0.2, -0.15) is 0 Å². The standard InChI is InChI=1S/C17H20FNO/c1-3-12-19-13(2)4-9-16-10-11-17(20-16)14-5-7-15(18)8-6-14/h4-11,13,19H,3,12H2,1-2H3/b9-4+. The second-order valence-electron chi connectivity index (χ2n) is 4.81. The summed E-state index contributed by atoms with van der Waals surface area (Å²) >= 11 is 0. The van der Waals surface area contributed by atoms with Gasteiger partial charge in [-0.25, -0.2) is 4.39 Å². The molecule has 2 rings (SSSR count). The van der Waals surface area contributed by atoms with Gasteiger partial charge in [-0.15, -0.1) is 0 Å². The summed E-state index contributed by atoms with van der Waals surface area (Å²) in [7, 11) is 0. The molecule has 1 heterocycles. The summed E-state index contributed by atoms with van der Waals surface area (Å²) in [6.45, 7) is 5.26. The van der Waals surface area contributed by atoms with Crippen LogP contribution in [0.2, 0.25) is 0 Å². The molecule has 0 aliphatic rings. The Balaban J connectivity index is 2.02. The second-order valence-corrected chi connectivity index (χ2v) is 4.81. The van der Waals surface area contributed by atoms with E-state index in [0.29, 0.717) is 6.04 Å². The van der Waals surface area contributed by atoms with Crippen LogP contribution in [0.4, 0.5) is 4.39 Å². The van der Waals surface area contributed by atoms with Crippen molar-refractivity contribution in [2.45, 2.75) is 26.3 Å². The Hall–Kier alpha value is -1.87. The van der Waals surface area contributed by atoms with Crippen LogP contribution in [0.25, 0.3) is 17.4 Å². The van der Waals surface area contributed by atoms with E-state index < -0.39 is 0 Å². The van der Waals surface area contributed by atoms with E-state index in [1.807, 2.05) is 18.2 Å². The molecule has 0 bridgehead atoms. The Kier molecular flexibility index (Phi) is 5.13. The van der Waals surface area contributed by atoms with Crippen molar-refractivity contribution in [3.8, 4) is 11.3 Å². The van der Waals surface area contributed by atoms with E-state index in [9.17, 15) is 4.39 Å². The predicted octanol–water partition coefficient (Wildman–Crippen LogP) is 4.49. The highest BCUT2D eigenvalue weighted by atomic mass is 19.1. The summed E-state index contributed by atoms with van der Waals surface area (Å²) in [6.07, 6.45) is 5.15. The van der Waals surface area contributed by atoms with Crippen molar-refractivity contribution in [1.82, 2.24) is 5.32 Å². The highest BCUT2D eigenvalue weighted by Gasteiger charge is 2.03. The van der Waals surface area contributed by atoms with Gasteiger partial charge in [0.05, 0.1) is 0 Å². The van der Waals surface area contributed by atoms with E-state index in [1.165, 1.54) is 12.1 Å².